The highest BCUT2D eigenvalue weighted by Crippen LogP contribution is 2.26. The van der Waals surface area contributed by atoms with Gasteiger partial charge in [0.05, 0.1) is 0 Å². The lowest BCUT2D eigenvalue weighted by atomic mass is 10.1. The van der Waals surface area contributed by atoms with Crippen molar-refractivity contribution in [1.82, 2.24) is 15.2 Å². The summed E-state index contributed by atoms with van der Waals surface area (Å²) in [6, 6.07) is 5.77. The largest absolute Gasteiger partial charge is 0.443 e. The minimum absolute atomic E-state index is 0.0666. The van der Waals surface area contributed by atoms with Crippen LogP contribution in [-0.2, 0) is 0 Å². The van der Waals surface area contributed by atoms with Crippen molar-refractivity contribution in [1.29, 1.82) is 0 Å². The number of anilines is 1. The molecule has 2 aromatic heterocycles. The topological polar surface area (TPSA) is 80.9 Å². The zero-order valence-corrected chi connectivity index (χ0v) is 13.2. The van der Waals surface area contributed by atoms with E-state index in [1.807, 2.05) is 13.8 Å². The summed E-state index contributed by atoms with van der Waals surface area (Å²) < 4.78 is 18.6. The molecule has 3 aromatic rings. The van der Waals surface area contributed by atoms with Crippen LogP contribution in [0, 0.1) is 5.82 Å². The van der Waals surface area contributed by atoms with Crippen LogP contribution in [0.1, 0.15) is 35.3 Å². The molecule has 0 spiro atoms. The van der Waals surface area contributed by atoms with E-state index in [9.17, 15) is 9.18 Å². The molecule has 0 radical (unpaired) electrons. The number of halogens is 1. The molecular weight excluding hydrogens is 319 g/mol. The maximum absolute atomic E-state index is 13.3. The van der Waals surface area contributed by atoms with Crippen molar-refractivity contribution in [3.05, 3.63) is 47.2 Å². The molecule has 118 valence electrons. The van der Waals surface area contributed by atoms with Gasteiger partial charge in [0.15, 0.2) is 17.8 Å². The van der Waals surface area contributed by atoms with Crippen molar-refractivity contribution in [2.45, 2.75) is 19.8 Å². The van der Waals surface area contributed by atoms with E-state index in [1.165, 1.54) is 29.5 Å². The van der Waals surface area contributed by atoms with Gasteiger partial charge in [-0.3, -0.25) is 10.1 Å². The highest BCUT2D eigenvalue weighted by molar-refractivity contribution is 7.15. The van der Waals surface area contributed by atoms with E-state index in [-0.39, 0.29) is 17.4 Å². The molecule has 1 aromatic carbocycles. The zero-order valence-electron chi connectivity index (χ0n) is 12.4. The first-order valence-corrected chi connectivity index (χ1v) is 7.70. The number of hydrogen-bond acceptors (Lipinski definition) is 6. The molecule has 0 aliphatic heterocycles. The summed E-state index contributed by atoms with van der Waals surface area (Å²) in [6.45, 7) is 3.98. The molecule has 0 saturated heterocycles. The van der Waals surface area contributed by atoms with Gasteiger partial charge in [0.2, 0.25) is 5.13 Å². The number of oxazole rings is 1. The first kappa shape index (κ1) is 15.3. The Hall–Kier alpha value is -2.61. The molecule has 6 nitrogen and oxygen atoms in total. The monoisotopic (exact) mass is 332 g/mol. The number of aromatic nitrogens is 3. The summed E-state index contributed by atoms with van der Waals surface area (Å²) in [5.74, 6) is -0.468. The summed E-state index contributed by atoms with van der Waals surface area (Å²) in [4.78, 5) is 16.3. The zero-order chi connectivity index (χ0) is 16.4. The lowest BCUT2D eigenvalue weighted by molar-refractivity contribution is 0.102. The van der Waals surface area contributed by atoms with Crippen LogP contribution < -0.4 is 5.32 Å². The lowest BCUT2D eigenvalue weighted by Crippen LogP contribution is -2.13. The second kappa shape index (κ2) is 6.25. The maximum Gasteiger partial charge on any atom is 0.280 e. The van der Waals surface area contributed by atoms with Crippen LogP contribution in [0.3, 0.4) is 0 Å². The third kappa shape index (κ3) is 3.26. The summed E-state index contributed by atoms with van der Waals surface area (Å²) in [5, 5.41) is 11.8. The van der Waals surface area contributed by atoms with Crippen LogP contribution in [-0.4, -0.2) is 21.1 Å². The van der Waals surface area contributed by atoms with Crippen molar-refractivity contribution in [2.75, 3.05) is 5.32 Å². The van der Waals surface area contributed by atoms with E-state index in [0.29, 0.717) is 10.7 Å². The van der Waals surface area contributed by atoms with Gasteiger partial charge in [0, 0.05) is 11.5 Å². The Labute approximate surface area is 135 Å². The van der Waals surface area contributed by atoms with E-state index >= 15 is 0 Å². The van der Waals surface area contributed by atoms with Crippen LogP contribution in [0.2, 0.25) is 0 Å². The molecule has 8 heteroatoms. The van der Waals surface area contributed by atoms with Crippen molar-refractivity contribution in [2.24, 2.45) is 0 Å². The van der Waals surface area contributed by atoms with Gasteiger partial charge in [0.25, 0.3) is 5.91 Å². The summed E-state index contributed by atoms with van der Waals surface area (Å²) in [5.41, 5.74) is 0.504. The third-order valence-corrected chi connectivity index (χ3v) is 4.16. The van der Waals surface area contributed by atoms with Crippen LogP contribution in [0.4, 0.5) is 9.52 Å². The normalized spacial score (nSPS) is 11.0. The average Bonchev–Trinajstić information content (AvgIpc) is 3.16. The Bertz CT molecular complexity index is 843. The molecular formula is C15H13FN4O2S. The Morgan fingerprint density at radius 2 is 2.17 bits per heavy atom. The number of amides is 1. The number of carbonyl (C=O) groups excluding carboxylic acids is 1. The highest BCUT2D eigenvalue weighted by Gasteiger charge is 2.20. The number of rotatable bonds is 4. The fourth-order valence-electron chi connectivity index (χ4n) is 1.92. The first-order chi connectivity index (χ1) is 11.0. The van der Waals surface area contributed by atoms with Gasteiger partial charge < -0.3 is 4.42 Å². The van der Waals surface area contributed by atoms with E-state index in [4.69, 9.17) is 4.42 Å². The first-order valence-electron chi connectivity index (χ1n) is 6.88. The molecule has 0 aliphatic carbocycles. The molecule has 0 bridgehead atoms. The molecule has 2 heterocycles. The highest BCUT2D eigenvalue weighted by atomic mass is 32.1. The van der Waals surface area contributed by atoms with Crippen molar-refractivity contribution in [3.63, 3.8) is 0 Å². The predicted octanol–water partition coefficient (Wildman–Crippen LogP) is 3.71. The number of hydrogen-bond donors (Lipinski definition) is 1. The van der Waals surface area contributed by atoms with Gasteiger partial charge in [0.1, 0.15) is 10.8 Å². The average molecular weight is 332 g/mol. The van der Waals surface area contributed by atoms with Gasteiger partial charge >= 0.3 is 0 Å². The Morgan fingerprint density at radius 1 is 1.35 bits per heavy atom. The number of nitrogens with one attached hydrogen (secondary N) is 1. The number of carbonyl (C=O) groups is 1. The minimum Gasteiger partial charge on any atom is -0.443 e. The second-order valence-electron chi connectivity index (χ2n) is 5.09. The van der Waals surface area contributed by atoms with E-state index in [2.05, 4.69) is 20.5 Å². The van der Waals surface area contributed by atoms with Gasteiger partial charge in [-0.1, -0.05) is 37.3 Å². The summed E-state index contributed by atoms with van der Waals surface area (Å²) in [6.07, 6.45) is 1.15. The minimum atomic E-state index is -0.482. The van der Waals surface area contributed by atoms with Gasteiger partial charge in [-0.2, -0.15) is 0 Å². The molecule has 1 N–H and O–H groups in total. The molecule has 1 amide bonds. The SMILES string of the molecule is CC(C)c1nnc(NC(=O)c2ncoc2-c2cccc(F)c2)s1. The van der Waals surface area contributed by atoms with Crippen LogP contribution in [0.5, 0.6) is 0 Å². The van der Waals surface area contributed by atoms with Crippen LogP contribution in [0.25, 0.3) is 11.3 Å². The number of nitrogens with zero attached hydrogens (tertiary/aromatic N) is 3. The van der Waals surface area contributed by atoms with Crippen LogP contribution >= 0.6 is 11.3 Å². The smallest absolute Gasteiger partial charge is 0.280 e. The third-order valence-electron chi connectivity index (χ3n) is 3.02. The van der Waals surface area contributed by atoms with Crippen molar-refractivity contribution >= 4 is 22.4 Å². The maximum atomic E-state index is 13.3. The summed E-state index contributed by atoms with van der Waals surface area (Å²) >= 11 is 1.30. The second-order valence-corrected chi connectivity index (χ2v) is 6.10. The van der Waals surface area contributed by atoms with Gasteiger partial charge in [-0.25, -0.2) is 9.37 Å². The molecule has 3 rings (SSSR count). The molecule has 0 unspecified atom stereocenters. The van der Waals surface area contributed by atoms with E-state index in [1.54, 1.807) is 6.07 Å². The summed E-state index contributed by atoms with van der Waals surface area (Å²) in [7, 11) is 0. The molecule has 0 saturated carbocycles. The predicted molar refractivity (Wildman–Crippen MR) is 83.8 cm³/mol. The standard InChI is InChI=1S/C15H13FN4O2S/c1-8(2)14-19-20-15(23-14)18-13(21)11-12(22-7-17-11)9-4-3-5-10(16)6-9/h3-8H,1-2H3,(H,18,20,21). The molecule has 0 aliphatic rings. The Morgan fingerprint density at radius 3 is 2.87 bits per heavy atom. The van der Waals surface area contributed by atoms with E-state index in [0.717, 1.165) is 11.4 Å². The Kier molecular flexibility index (Phi) is 4.16. The molecule has 0 fully saturated rings. The quantitative estimate of drug-likeness (QED) is 0.788. The van der Waals surface area contributed by atoms with E-state index < -0.39 is 11.7 Å². The van der Waals surface area contributed by atoms with Gasteiger partial charge in [-0.15, -0.1) is 10.2 Å². The molecule has 0 atom stereocenters. The Balaban J connectivity index is 1.84. The van der Waals surface area contributed by atoms with Crippen molar-refractivity contribution < 1.29 is 13.6 Å². The lowest BCUT2D eigenvalue weighted by Gasteiger charge is -2.01. The van der Waals surface area contributed by atoms with Crippen molar-refractivity contribution in [3.8, 4) is 11.3 Å². The van der Waals surface area contributed by atoms with Gasteiger partial charge in [-0.05, 0) is 12.1 Å². The fraction of sp³-hybridized carbons (Fsp3) is 0.200. The fourth-order valence-corrected chi connectivity index (χ4v) is 2.66. The molecule has 23 heavy (non-hydrogen) atoms. The number of benzene rings is 1. The van der Waals surface area contributed by atoms with Crippen LogP contribution in [0.15, 0.2) is 35.1 Å².